The minimum Gasteiger partial charge on any atom is -0.497 e. The fourth-order valence-electron chi connectivity index (χ4n) is 5.81. The zero-order valence-corrected chi connectivity index (χ0v) is 27.8. The van der Waals surface area contributed by atoms with Crippen LogP contribution >= 0.6 is 0 Å². The zero-order valence-electron chi connectivity index (χ0n) is 27.8. The molecule has 0 fully saturated rings. The molecule has 1 heterocycles. The van der Waals surface area contributed by atoms with E-state index in [0.29, 0.717) is 16.9 Å². The van der Waals surface area contributed by atoms with Crippen molar-refractivity contribution in [1.82, 2.24) is 9.80 Å². The molecule has 0 saturated carbocycles. The van der Waals surface area contributed by atoms with Gasteiger partial charge in [-0.05, 0) is 65.2 Å². The fraction of sp³-hybridized carbons (Fsp3) is 0.216. The molecule has 1 aliphatic rings. The average Bonchev–Trinajstić information content (AvgIpc) is 3.32. The van der Waals surface area contributed by atoms with Crippen LogP contribution in [0.4, 0.5) is 18.9 Å². The standard InChI is InChI=1S/C37H32F3N3O8/c1-42(2)33(46)28-17-21(18-31(44)51-20-36(35(48)49)29-8-6-5-7-26(29)34(47)43(36)3)9-16-30(28)41-32(45)25-15-14-24(50-4)19-27(25)22-10-12-23(13-11-22)37(38,39)40/h5-17,19H,18,20H2,1-4H3,(H,41,45)(H,48,49)/t36-/m0/s1. The third-order valence-corrected chi connectivity index (χ3v) is 8.59. The number of halogens is 3. The van der Waals surface area contributed by atoms with Crippen LogP contribution in [0.3, 0.4) is 0 Å². The van der Waals surface area contributed by atoms with Crippen LogP contribution in [0.25, 0.3) is 11.1 Å². The van der Waals surface area contributed by atoms with Crippen LogP contribution in [0, 0.1) is 0 Å². The van der Waals surface area contributed by atoms with Crippen LogP contribution in [0.5, 0.6) is 5.75 Å². The van der Waals surface area contributed by atoms with Gasteiger partial charge in [-0.3, -0.25) is 19.2 Å². The Morgan fingerprint density at radius 2 is 1.59 bits per heavy atom. The molecule has 264 valence electrons. The molecule has 0 aliphatic carbocycles. The number of carboxylic acids is 1. The topological polar surface area (TPSA) is 143 Å². The lowest BCUT2D eigenvalue weighted by Crippen LogP contribution is -2.51. The number of rotatable bonds is 10. The van der Waals surface area contributed by atoms with Crippen molar-refractivity contribution in [2.75, 3.05) is 40.2 Å². The van der Waals surface area contributed by atoms with Crippen molar-refractivity contribution in [3.8, 4) is 16.9 Å². The zero-order chi connectivity index (χ0) is 37.2. The minimum absolute atomic E-state index is 0.0142. The van der Waals surface area contributed by atoms with Crippen molar-refractivity contribution in [3.05, 3.63) is 118 Å². The lowest BCUT2D eigenvalue weighted by molar-refractivity contribution is -0.159. The summed E-state index contributed by atoms with van der Waals surface area (Å²) in [6.45, 7) is -0.666. The van der Waals surface area contributed by atoms with Crippen LogP contribution in [-0.4, -0.2) is 79.4 Å². The van der Waals surface area contributed by atoms with Gasteiger partial charge in [-0.1, -0.05) is 36.4 Å². The van der Waals surface area contributed by atoms with Crippen molar-refractivity contribution in [2.24, 2.45) is 0 Å². The maximum Gasteiger partial charge on any atom is 0.416 e. The summed E-state index contributed by atoms with van der Waals surface area (Å²) in [6.07, 6.45) is -4.93. The number of carbonyl (C=O) groups excluding carboxylic acids is 4. The number of aliphatic carboxylic acids is 1. The molecular weight excluding hydrogens is 671 g/mol. The number of likely N-dealkylation sites (N-methyl/N-ethyl adjacent to an activating group) is 1. The number of hydrogen-bond acceptors (Lipinski definition) is 7. The van der Waals surface area contributed by atoms with Gasteiger partial charge in [-0.25, -0.2) is 4.79 Å². The van der Waals surface area contributed by atoms with E-state index in [0.717, 1.165) is 17.0 Å². The molecule has 1 atom stereocenters. The number of hydrogen-bond donors (Lipinski definition) is 2. The maximum absolute atomic E-state index is 13.7. The van der Waals surface area contributed by atoms with Crippen molar-refractivity contribution >= 4 is 35.3 Å². The largest absolute Gasteiger partial charge is 0.497 e. The van der Waals surface area contributed by atoms with Crippen LogP contribution in [0.15, 0.2) is 84.9 Å². The van der Waals surface area contributed by atoms with Crippen molar-refractivity contribution in [2.45, 2.75) is 18.1 Å². The van der Waals surface area contributed by atoms with E-state index in [9.17, 15) is 42.3 Å². The summed E-state index contributed by atoms with van der Waals surface area (Å²) in [7, 11) is 5.70. The summed E-state index contributed by atoms with van der Waals surface area (Å²) in [5.41, 5.74) is -1.36. The Bertz CT molecular complexity index is 2050. The molecule has 0 aromatic heterocycles. The predicted octanol–water partition coefficient (Wildman–Crippen LogP) is 5.49. The molecule has 11 nitrogen and oxygen atoms in total. The van der Waals surface area contributed by atoms with Crippen molar-refractivity contribution in [3.63, 3.8) is 0 Å². The summed E-state index contributed by atoms with van der Waals surface area (Å²) in [4.78, 5) is 67.5. The van der Waals surface area contributed by atoms with E-state index in [1.165, 1.54) is 93.8 Å². The smallest absolute Gasteiger partial charge is 0.416 e. The highest BCUT2D eigenvalue weighted by atomic mass is 19.4. The molecule has 0 saturated heterocycles. The van der Waals surface area contributed by atoms with Gasteiger partial charge in [0.05, 0.1) is 30.3 Å². The number of methoxy groups -OCH3 is 1. The van der Waals surface area contributed by atoms with Gasteiger partial charge in [-0.2, -0.15) is 13.2 Å². The Morgan fingerprint density at radius 1 is 0.902 bits per heavy atom. The normalized spacial score (nSPS) is 15.2. The fourth-order valence-corrected chi connectivity index (χ4v) is 5.81. The summed E-state index contributed by atoms with van der Waals surface area (Å²) in [6, 6.07) is 19.2. The molecule has 51 heavy (non-hydrogen) atoms. The molecular formula is C37H32F3N3O8. The molecule has 4 aromatic carbocycles. The van der Waals surface area contributed by atoms with Gasteiger partial charge in [0.15, 0.2) is 0 Å². The number of carboxylic acid groups (broad SMARTS) is 1. The second kappa shape index (κ2) is 14.0. The van der Waals surface area contributed by atoms with E-state index in [2.05, 4.69) is 5.32 Å². The van der Waals surface area contributed by atoms with Gasteiger partial charge in [0.1, 0.15) is 12.4 Å². The number of nitrogens with zero attached hydrogens (tertiary/aromatic N) is 2. The molecule has 0 unspecified atom stereocenters. The van der Waals surface area contributed by atoms with Gasteiger partial charge in [0.2, 0.25) is 5.54 Å². The number of fused-ring (bicyclic) bond motifs is 1. The maximum atomic E-state index is 13.7. The molecule has 0 spiro atoms. The van der Waals surface area contributed by atoms with Gasteiger partial charge in [-0.15, -0.1) is 0 Å². The highest BCUT2D eigenvalue weighted by molar-refractivity contribution is 6.12. The first kappa shape index (κ1) is 36.1. The molecule has 4 aromatic rings. The number of esters is 1. The van der Waals surface area contributed by atoms with E-state index >= 15 is 0 Å². The Balaban J connectivity index is 1.39. The number of anilines is 1. The molecule has 0 bridgehead atoms. The van der Waals surface area contributed by atoms with Crippen molar-refractivity contribution < 1.29 is 51.7 Å². The second-order valence-corrected chi connectivity index (χ2v) is 11.9. The Labute approximate surface area is 290 Å². The Hall–Kier alpha value is -6.18. The first-order chi connectivity index (χ1) is 24.1. The lowest BCUT2D eigenvalue weighted by atomic mass is 9.90. The molecule has 5 rings (SSSR count). The Morgan fingerprint density at radius 3 is 2.22 bits per heavy atom. The highest BCUT2D eigenvalue weighted by Gasteiger charge is 2.54. The summed E-state index contributed by atoms with van der Waals surface area (Å²) in [5, 5.41) is 12.9. The van der Waals surface area contributed by atoms with Crippen molar-refractivity contribution in [1.29, 1.82) is 0 Å². The van der Waals surface area contributed by atoms with E-state index in [1.54, 1.807) is 12.1 Å². The highest BCUT2D eigenvalue weighted by Crippen LogP contribution is 2.39. The minimum atomic E-state index is -4.55. The van der Waals surface area contributed by atoms with Gasteiger partial charge < -0.3 is 29.7 Å². The first-order valence-corrected chi connectivity index (χ1v) is 15.4. The monoisotopic (exact) mass is 703 g/mol. The van der Waals surface area contributed by atoms with E-state index < -0.39 is 53.5 Å². The van der Waals surface area contributed by atoms with E-state index in [-0.39, 0.29) is 39.9 Å². The van der Waals surface area contributed by atoms with Gasteiger partial charge >= 0.3 is 18.1 Å². The number of ether oxygens (including phenoxy) is 2. The molecule has 2 N–H and O–H groups in total. The van der Waals surface area contributed by atoms with E-state index in [4.69, 9.17) is 9.47 Å². The molecule has 0 radical (unpaired) electrons. The first-order valence-electron chi connectivity index (χ1n) is 15.4. The summed E-state index contributed by atoms with van der Waals surface area (Å²) < 4.78 is 50.3. The molecule has 1 aliphatic heterocycles. The molecule has 3 amide bonds. The van der Waals surface area contributed by atoms with Gasteiger partial charge in [0.25, 0.3) is 17.7 Å². The van der Waals surface area contributed by atoms with Gasteiger partial charge in [0, 0.05) is 37.8 Å². The summed E-state index contributed by atoms with van der Waals surface area (Å²) >= 11 is 0. The van der Waals surface area contributed by atoms with Crippen LogP contribution < -0.4 is 10.1 Å². The second-order valence-electron chi connectivity index (χ2n) is 11.9. The van der Waals surface area contributed by atoms with E-state index in [1.807, 2.05) is 0 Å². The number of benzene rings is 4. The average molecular weight is 704 g/mol. The number of alkyl halides is 3. The number of carbonyl (C=O) groups is 5. The Kier molecular flexibility index (Phi) is 9.90. The molecule has 14 heteroatoms. The predicted molar refractivity (Wildman–Crippen MR) is 178 cm³/mol. The van der Waals surface area contributed by atoms with Crippen LogP contribution in [0.2, 0.25) is 0 Å². The third kappa shape index (κ3) is 6.98. The third-order valence-electron chi connectivity index (χ3n) is 8.59. The number of nitrogens with one attached hydrogen (secondary N) is 1. The SMILES string of the molecule is COc1ccc(C(=O)Nc2ccc(CC(=O)OC[C@@]3(C(=O)O)c4ccccc4C(=O)N3C)cc2C(=O)N(C)C)c(-c2ccc(C(F)(F)F)cc2)c1. The van der Waals surface area contributed by atoms with Crippen LogP contribution in [0.1, 0.15) is 47.8 Å². The number of amides is 3. The lowest BCUT2D eigenvalue weighted by Gasteiger charge is -2.32. The quantitative estimate of drug-likeness (QED) is 0.207. The summed E-state index contributed by atoms with van der Waals surface area (Å²) in [5.74, 6) is -3.60. The van der Waals surface area contributed by atoms with Crippen LogP contribution in [-0.2, 0) is 32.5 Å².